The Balaban J connectivity index is 2.02. The van der Waals surface area contributed by atoms with Crippen LogP contribution in [0.1, 0.15) is 24.4 Å². The van der Waals surface area contributed by atoms with Crippen molar-refractivity contribution < 1.29 is 23.9 Å². The van der Waals surface area contributed by atoms with E-state index in [4.69, 9.17) is 15.2 Å². The van der Waals surface area contributed by atoms with Gasteiger partial charge in [-0.2, -0.15) is 0 Å². The Kier molecular flexibility index (Phi) is 6.56. The van der Waals surface area contributed by atoms with E-state index >= 15 is 0 Å². The summed E-state index contributed by atoms with van der Waals surface area (Å²) in [6.45, 7) is -0.249. The van der Waals surface area contributed by atoms with E-state index in [1.54, 1.807) is 55.5 Å². The maximum Gasteiger partial charge on any atom is 0.236 e. The molecule has 8 heteroatoms. The number of hydrogen-bond donors (Lipinski definition) is 2. The van der Waals surface area contributed by atoms with Crippen LogP contribution in [-0.2, 0) is 14.4 Å². The van der Waals surface area contributed by atoms with E-state index in [2.05, 4.69) is 5.32 Å². The van der Waals surface area contributed by atoms with Crippen LogP contribution in [0, 0.1) is 5.92 Å². The Labute approximate surface area is 174 Å². The molecule has 2 aromatic rings. The van der Waals surface area contributed by atoms with Gasteiger partial charge in [0, 0.05) is 12.1 Å². The summed E-state index contributed by atoms with van der Waals surface area (Å²) in [5.74, 6) is -0.229. The molecule has 1 aliphatic rings. The number of carbonyl (C=O) groups excluding carboxylic acids is 3. The lowest BCUT2D eigenvalue weighted by atomic mass is 9.83. The van der Waals surface area contributed by atoms with Crippen LogP contribution >= 0.6 is 0 Å². The van der Waals surface area contributed by atoms with Crippen LogP contribution in [0.5, 0.6) is 11.5 Å². The predicted octanol–water partition coefficient (Wildman–Crippen LogP) is 1.79. The molecule has 2 aromatic carbocycles. The lowest BCUT2D eigenvalue weighted by Gasteiger charge is -2.41. The average Bonchev–Trinajstić information content (AvgIpc) is 2.77. The van der Waals surface area contributed by atoms with Crippen LogP contribution in [0.2, 0.25) is 0 Å². The van der Waals surface area contributed by atoms with Gasteiger partial charge in [-0.3, -0.25) is 14.4 Å². The number of nitrogens with two attached hydrogens (primary N) is 1. The average molecular weight is 411 g/mol. The summed E-state index contributed by atoms with van der Waals surface area (Å²) in [6.07, 6.45) is 0.583. The van der Waals surface area contributed by atoms with Gasteiger partial charge in [0.15, 0.2) is 0 Å². The number of primary amides is 1. The first kappa shape index (κ1) is 21.2. The number of benzene rings is 2. The topological polar surface area (TPSA) is 111 Å². The largest absolute Gasteiger partial charge is 0.497 e. The number of ether oxygens (including phenoxy) is 2. The molecule has 8 nitrogen and oxygen atoms in total. The van der Waals surface area contributed by atoms with Gasteiger partial charge >= 0.3 is 0 Å². The third kappa shape index (κ3) is 4.53. The maximum absolute atomic E-state index is 13.0. The molecule has 30 heavy (non-hydrogen) atoms. The molecule has 1 fully saturated rings. The minimum atomic E-state index is -0.622. The van der Waals surface area contributed by atoms with Crippen LogP contribution in [0.15, 0.2) is 48.5 Å². The molecule has 3 amide bonds. The Morgan fingerprint density at radius 2 is 1.60 bits per heavy atom. The Morgan fingerprint density at radius 3 is 2.13 bits per heavy atom. The molecule has 2 unspecified atom stereocenters. The van der Waals surface area contributed by atoms with Gasteiger partial charge in [0.2, 0.25) is 17.7 Å². The van der Waals surface area contributed by atoms with Gasteiger partial charge < -0.3 is 25.4 Å². The lowest BCUT2D eigenvalue weighted by molar-refractivity contribution is -0.131. The molecule has 3 rings (SSSR count). The van der Waals surface area contributed by atoms with Crippen molar-refractivity contribution in [2.75, 3.05) is 25.7 Å². The fraction of sp³-hybridized carbons (Fsp3) is 0.318. The van der Waals surface area contributed by atoms with Crippen LogP contribution in [0.3, 0.4) is 0 Å². The highest BCUT2D eigenvalue weighted by molar-refractivity contribution is 5.97. The molecular weight excluding hydrogens is 386 g/mol. The summed E-state index contributed by atoms with van der Waals surface area (Å²) in [6, 6.07) is 13.8. The summed E-state index contributed by atoms with van der Waals surface area (Å²) in [5, 5.41) is 2.58. The lowest BCUT2D eigenvalue weighted by Crippen LogP contribution is -2.49. The molecule has 0 bridgehead atoms. The number of amides is 3. The van der Waals surface area contributed by atoms with Crippen molar-refractivity contribution in [3.8, 4) is 11.5 Å². The summed E-state index contributed by atoms with van der Waals surface area (Å²) >= 11 is 0. The van der Waals surface area contributed by atoms with Gasteiger partial charge in [-0.15, -0.1) is 0 Å². The number of rotatable bonds is 7. The molecule has 0 saturated carbocycles. The first-order valence-corrected chi connectivity index (χ1v) is 9.60. The van der Waals surface area contributed by atoms with Crippen molar-refractivity contribution >= 4 is 23.4 Å². The van der Waals surface area contributed by atoms with Gasteiger partial charge in [0.25, 0.3) is 0 Å². The molecule has 1 saturated heterocycles. The van der Waals surface area contributed by atoms with Crippen molar-refractivity contribution in [3.05, 3.63) is 54.1 Å². The van der Waals surface area contributed by atoms with E-state index in [1.165, 1.54) is 0 Å². The third-order valence-electron chi connectivity index (χ3n) is 5.18. The number of anilines is 1. The normalized spacial score (nSPS) is 18.6. The quantitative estimate of drug-likeness (QED) is 0.722. The monoisotopic (exact) mass is 411 g/mol. The molecule has 0 aromatic heterocycles. The summed E-state index contributed by atoms with van der Waals surface area (Å²) < 4.78 is 10.4. The second-order valence-corrected chi connectivity index (χ2v) is 7.01. The number of nitrogens with one attached hydrogen (secondary N) is 1. The molecule has 0 aliphatic carbocycles. The van der Waals surface area contributed by atoms with Crippen molar-refractivity contribution in [3.63, 3.8) is 0 Å². The highest BCUT2D eigenvalue weighted by atomic mass is 16.5. The summed E-state index contributed by atoms with van der Waals surface area (Å²) in [5.41, 5.74) is 6.62. The van der Waals surface area contributed by atoms with E-state index in [9.17, 15) is 14.4 Å². The zero-order chi connectivity index (χ0) is 21.7. The Hall–Kier alpha value is -3.55. The standard InChI is InChI=1S/C22H25N3O5/c1-29-16-7-3-14(4-8-16)21-18(22(28)24-13-19(23)26)11-12-20(27)25(21)15-5-9-17(30-2)10-6-15/h3-10,18,21H,11-13H2,1-2H3,(H2,23,26)(H,24,28). The molecule has 0 radical (unpaired) electrons. The van der Waals surface area contributed by atoms with Gasteiger partial charge in [0.1, 0.15) is 11.5 Å². The predicted molar refractivity (Wildman–Crippen MR) is 111 cm³/mol. The van der Waals surface area contributed by atoms with E-state index in [0.717, 1.165) is 5.56 Å². The smallest absolute Gasteiger partial charge is 0.236 e. The van der Waals surface area contributed by atoms with E-state index in [-0.39, 0.29) is 24.8 Å². The Bertz CT molecular complexity index is 911. The van der Waals surface area contributed by atoms with E-state index in [1.807, 2.05) is 12.1 Å². The Morgan fingerprint density at radius 1 is 1.03 bits per heavy atom. The van der Waals surface area contributed by atoms with Crippen LogP contribution in [0.25, 0.3) is 0 Å². The van der Waals surface area contributed by atoms with Crippen molar-refractivity contribution in [1.29, 1.82) is 0 Å². The highest BCUT2D eigenvalue weighted by Gasteiger charge is 2.41. The zero-order valence-electron chi connectivity index (χ0n) is 17.0. The van der Waals surface area contributed by atoms with Crippen molar-refractivity contribution in [2.24, 2.45) is 11.7 Å². The molecule has 3 N–H and O–H groups in total. The molecule has 158 valence electrons. The number of methoxy groups -OCH3 is 2. The number of carbonyl (C=O) groups is 3. The fourth-order valence-corrected chi connectivity index (χ4v) is 3.70. The van der Waals surface area contributed by atoms with Gasteiger partial charge in [0.05, 0.1) is 32.7 Å². The minimum Gasteiger partial charge on any atom is -0.497 e. The number of nitrogens with zero attached hydrogens (tertiary/aromatic N) is 1. The maximum atomic E-state index is 13.0. The van der Waals surface area contributed by atoms with E-state index in [0.29, 0.717) is 23.6 Å². The molecule has 1 heterocycles. The number of piperidine rings is 1. The first-order chi connectivity index (χ1) is 14.4. The third-order valence-corrected chi connectivity index (χ3v) is 5.18. The van der Waals surface area contributed by atoms with Crippen molar-refractivity contribution in [2.45, 2.75) is 18.9 Å². The zero-order valence-corrected chi connectivity index (χ0v) is 17.0. The van der Waals surface area contributed by atoms with Crippen molar-refractivity contribution in [1.82, 2.24) is 5.32 Å². The molecule has 2 atom stereocenters. The minimum absolute atomic E-state index is 0.0834. The molecule has 0 spiro atoms. The molecular formula is C22H25N3O5. The SMILES string of the molecule is COc1ccc(C2C(C(=O)NCC(N)=O)CCC(=O)N2c2ccc(OC)cc2)cc1. The van der Waals surface area contributed by atoms with Crippen LogP contribution in [-0.4, -0.2) is 38.5 Å². The second kappa shape index (κ2) is 9.30. The summed E-state index contributed by atoms with van der Waals surface area (Å²) in [7, 11) is 3.14. The highest BCUT2D eigenvalue weighted by Crippen LogP contribution is 2.40. The molecule has 1 aliphatic heterocycles. The van der Waals surface area contributed by atoms with Gasteiger partial charge in [-0.1, -0.05) is 12.1 Å². The van der Waals surface area contributed by atoms with Crippen LogP contribution < -0.4 is 25.4 Å². The van der Waals surface area contributed by atoms with Gasteiger partial charge in [-0.05, 0) is 48.4 Å². The van der Waals surface area contributed by atoms with E-state index < -0.39 is 17.9 Å². The second-order valence-electron chi connectivity index (χ2n) is 7.01. The van der Waals surface area contributed by atoms with Gasteiger partial charge in [-0.25, -0.2) is 0 Å². The first-order valence-electron chi connectivity index (χ1n) is 9.60. The fourth-order valence-electron chi connectivity index (χ4n) is 3.70. The summed E-state index contributed by atoms with van der Waals surface area (Å²) in [4.78, 5) is 38.6. The van der Waals surface area contributed by atoms with Crippen LogP contribution in [0.4, 0.5) is 5.69 Å². The number of hydrogen-bond acceptors (Lipinski definition) is 5.